The quantitative estimate of drug-likeness (QED) is 0.790. The topological polar surface area (TPSA) is 65.8 Å². The lowest BCUT2D eigenvalue weighted by Gasteiger charge is -2.04. The number of ether oxygens (including phenoxy) is 3. The summed E-state index contributed by atoms with van der Waals surface area (Å²) in [5.41, 5.74) is 0.882. The summed E-state index contributed by atoms with van der Waals surface area (Å²) in [6, 6.07) is 7.38. The van der Waals surface area contributed by atoms with Crippen LogP contribution in [0.1, 0.15) is 24.8 Å². The third-order valence-corrected chi connectivity index (χ3v) is 3.07. The van der Waals surface area contributed by atoms with Crippen molar-refractivity contribution in [3.63, 3.8) is 0 Å². The van der Waals surface area contributed by atoms with Crippen LogP contribution in [0.5, 0.6) is 17.2 Å². The van der Waals surface area contributed by atoms with Gasteiger partial charge in [-0.25, -0.2) is 0 Å². The van der Waals surface area contributed by atoms with Gasteiger partial charge in [-0.1, -0.05) is 12.1 Å². The lowest BCUT2D eigenvalue weighted by atomic mass is 10.3. The molecule has 0 bridgehead atoms. The minimum atomic E-state index is 0.259. The van der Waals surface area contributed by atoms with E-state index in [1.54, 1.807) is 0 Å². The Balaban J connectivity index is 1.53. The molecule has 0 spiro atoms. The van der Waals surface area contributed by atoms with Gasteiger partial charge >= 0.3 is 0 Å². The zero-order valence-electron chi connectivity index (χ0n) is 11.9. The predicted octanol–water partition coefficient (Wildman–Crippen LogP) is 2.48. The SMILES string of the molecule is CCCNCc1cc(COc2ccc3c(c2)OCO3)on1. The van der Waals surface area contributed by atoms with Crippen LogP contribution in [0.15, 0.2) is 28.8 Å². The van der Waals surface area contributed by atoms with Gasteiger partial charge < -0.3 is 24.1 Å². The molecule has 112 valence electrons. The third-order valence-electron chi connectivity index (χ3n) is 3.07. The van der Waals surface area contributed by atoms with Crippen LogP contribution in [0.4, 0.5) is 0 Å². The molecule has 0 atom stereocenters. The van der Waals surface area contributed by atoms with E-state index in [-0.39, 0.29) is 6.79 Å². The van der Waals surface area contributed by atoms with Crippen molar-refractivity contribution in [2.45, 2.75) is 26.5 Å². The standard InChI is InChI=1S/C15H18N2O4/c1-2-5-16-8-11-6-13(21-17-11)9-18-12-3-4-14-15(7-12)20-10-19-14/h3-4,6-7,16H,2,5,8-10H2,1H3. The summed E-state index contributed by atoms with van der Waals surface area (Å²) < 4.78 is 21.5. The number of fused-ring (bicyclic) bond motifs is 1. The van der Waals surface area contributed by atoms with Crippen molar-refractivity contribution in [3.05, 3.63) is 35.7 Å². The normalized spacial score (nSPS) is 12.6. The van der Waals surface area contributed by atoms with E-state index in [1.165, 1.54) is 0 Å². The molecule has 0 amide bonds. The number of nitrogens with zero attached hydrogens (tertiary/aromatic N) is 1. The van der Waals surface area contributed by atoms with Gasteiger partial charge in [0.25, 0.3) is 0 Å². The zero-order valence-corrected chi connectivity index (χ0v) is 11.9. The first-order valence-corrected chi connectivity index (χ1v) is 7.03. The number of aromatic nitrogens is 1. The van der Waals surface area contributed by atoms with E-state index in [4.69, 9.17) is 18.7 Å². The van der Waals surface area contributed by atoms with Gasteiger partial charge in [-0.3, -0.25) is 0 Å². The van der Waals surface area contributed by atoms with Crippen molar-refractivity contribution < 1.29 is 18.7 Å². The highest BCUT2D eigenvalue weighted by molar-refractivity contribution is 5.46. The lowest BCUT2D eigenvalue weighted by Crippen LogP contribution is -2.13. The molecule has 1 aromatic carbocycles. The summed E-state index contributed by atoms with van der Waals surface area (Å²) in [6.07, 6.45) is 1.10. The molecule has 2 aromatic rings. The molecule has 0 saturated carbocycles. The third kappa shape index (κ3) is 3.46. The highest BCUT2D eigenvalue weighted by Gasteiger charge is 2.14. The van der Waals surface area contributed by atoms with Crippen molar-refractivity contribution in [3.8, 4) is 17.2 Å². The fourth-order valence-electron chi connectivity index (χ4n) is 2.02. The van der Waals surface area contributed by atoms with Crippen LogP contribution in [0.2, 0.25) is 0 Å². The molecular weight excluding hydrogens is 272 g/mol. The molecule has 21 heavy (non-hydrogen) atoms. The van der Waals surface area contributed by atoms with Crippen molar-refractivity contribution in [2.75, 3.05) is 13.3 Å². The maximum atomic E-state index is 5.67. The van der Waals surface area contributed by atoms with E-state index >= 15 is 0 Å². The fourth-order valence-corrected chi connectivity index (χ4v) is 2.02. The van der Waals surface area contributed by atoms with Crippen molar-refractivity contribution in [1.29, 1.82) is 0 Å². The molecule has 0 radical (unpaired) electrons. The highest BCUT2D eigenvalue weighted by atomic mass is 16.7. The van der Waals surface area contributed by atoms with Crippen LogP contribution < -0.4 is 19.5 Å². The van der Waals surface area contributed by atoms with Gasteiger partial charge in [0.05, 0.1) is 5.69 Å². The Bertz CT molecular complexity index is 597. The minimum absolute atomic E-state index is 0.259. The minimum Gasteiger partial charge on any atom is -0.485 e. The molecule has 0 fully saturated rings. The number of benzene rings is 1. The summed E-state index contributed by atoms with van der Waals surface area (Å²) in [5.74, 6) is 2.85. The van der Waals surface area contributed by atoms with E-state index in [0.717, 1.165) is 24.4 Å². The van der Waals surface area contributed by atoms with Gasteiger partial charge in [-0.2, -0.15) is 0 Å². The summed E-state index contributed by atoms with van der Waals surface area (Å²) in [5, 5.41) is 7.27. The second kappa shape index (κ2) is 6.49. The lowest BCUT2D eigenvalue weighted by molar-refractivity contribution is 0.173. The molecule has 2 heterocycles. The van der Waals surface area contributed by atoms with Gasteiger partial charge in [-0.05, 0) is 25.1 Å². The zero-order chi connectivity index (χ0) is 14.5. The molecule has 6 heteroatoms. The molecule has 1 aliphatic rings. The highest BCUT2D eigenvalue weighted by Crippen LogP contribution is 2.35. The van der Waals surface area contributed by atoms with E-state index in [0.29, 0.717) is 30.4 Å². The first-order chi connectivity index (χ1) is 10.3. The number of rotatable bonds is 7. The van der Waals surface area contributed by atoms with E-state index in [2.05, 4.69) is 17.4 Å². The van der Waals surface area contributed by atoms with Crippen molar-refractivity contribution in [2.24, 2.45) is 0 Å². The van der Waals surface area contributed by atoms with Crippen LogP contribution in [0.3, 0.4) is 0 Å². The average Bonchev–Trinajstić information content (AvgIpc) is 3.13. The largest absolute Gasteiger partial charge is 0.485 e. The van der Waals surface area contributed by atoms with E-state index in [9.17, 15) is 0 Å². The Hall–Kier alpha value is -2.21. The van der Waals surface area contributed by atoms with Gasteiger partial charge in [0.1, 0.15) is 12.4 Å². The van der Waals surface area contributed by atoms with Gasteiger partial charge in [0.15, 0.2) is 17.3 Å². The summed E-state index contributed by atoms with van der Waals surface area (Å²) in [7, 11) is 0. The molecule has 1 N–H and O–H groups in total. The number of hydrogen-bond acceptors (Lipinski definition) is 6. The van der Waals surface area contributed by atoms with Crippen molar-refractivity contribution in [1.82, 2.24) is 10.5 Å². The number of nitrogens with one attached hydrogen (secondary N) is 1. The Morgan fingerprint density at radius 2 is 2.14 bits per heavy atom. The van der Waals surface area contributed by atoms with Crippen LogP contribution in [0.25, 0.3) is 0 Å². The Morgan fingerprint density at radius 3 is 3.05 bits per heavy atom. The van der Waals surface area contributed by atoms with Gasteiger partial charge in [-0.15, -0.1) is 0 Å². The average molecular weight is 290 g/mol. The fraction of sp³-hybridized carbons (Fsp3) is 0.400. The smallest absolute Gasteiger partial charge is 0.231 e. The van der Waals surface area contributed by atoms with Gasteiger partial charge in [0, 0.05) is 18.7 Å². The van der Waals surface area contributed by atoms with Gasteiger partial charge in [0.2, 0.25) is 6.79 Å². The summed E-state index contributed by atoms with van der Waals surface area (Å²) in [6.45, 7) is 4.40. The maximum Gasteiger partial charge on any atom is 0.231 e. The Labute approximate surface area is 123 Å². The molecule has 0 aliphatic carbocycles. The molecule has 0 unspecified atom stereocenters. The summed E-state index contributed by atoms with van der Waals surface area (Å²) in [4.78, 5) is 0. The van der Waals surface area contributed by atoms with Crippen LogP contribution >= 0.6 is 0 Å². The molecule has 0 saturated heterocycles. The monoisotopic (exact) mass is 290 g/mol. The molecular formula is C15H18N2O4. The first-order valence-electron chi connectivity index (χ1n) is 7.03. The second-order valence-corrected chi connectivity index (χ2v) is 4.77. The van der Waals surface area contributed by atoms with Crippen LogP contribution in [-0.4, -0.2) is 18.5 Å². The Kier molecular flexibility index (Phi) is 4.25. The summed E-state index contributed by atoms with van der Waals surface area (Å²) >= 11 is 0. The maximum absolute atomic E-state index is 5.67. The van der Waals surface area contributed by atoms with E-state index in [1.807, 2.05) is 24.3 Å². The number of hydrogen-bond donors (Lipinski definition) is 1. The Morgan fingerprint density at radius 1 is 1.24 bits per heavy atom. The van der Waals surface area contributed by atoms with Crippen LogP contribution in [0, 0.1) is 0 Å². The molecule has 6 nitrogen and oxygen atoms in total. The van der Waals surface area contributed by atoms with E-state index < -0.39 is 0 Å². The van der Waals surface area contributed by atoms with Crippen molar-refractivity contribution >= 4 is 0 Å². The first kappa shape index (κ1) is 13.8. The second-order valence-electron chi connectivity index (χ2n) is 4.77. The molecule has 3 rings (SSSR count). The molecule has 1 aliphatic heterocycles. The molecule has 1 aromatic heterocycles. The predicted molar refractivity (Wildman–Crippen MR) is 75.4 cm³/mol. The van der Waals surface area contributed by atoms with Crippen LogP contribution in [-0.2, 0) is 13.2 Å².